The highest BCUT2D eigenvalue weighted by molar-refractivity contribution is 6.06. The molecule has 0 unspecified atom stereocenters. The lowest BCUT2D eigenvalue weighted by atomic mass is 10.1. The Hall–Kier alpha value is -1.88. The van der Waals surface area contributed by atoms with Gasteiger partial charge in [0.05, 0.1) is 5.71 Å². The molecule has 16 heavy (non-hydrogen) atoms. The van der Waals surface area contributed by atoms with Gasteiger partial charge in [0.1, 0.15) is 6.61 Å². The number of nitrogens with one attached hydrogen (secondary N) is 1. The highest BCUT2D eigenvalue weighted by Gasteiger charge is 2.08. The van der Waals surface area contributed by atoms with E-state index in [1.807, 2.05) is 0 Å². The number of oxime groups is 1. The maximum absolute atomic E-state index is 11.3. The van der Waals surface area contributed by atoms with E-state index < -0.39 is 0 Å². The van der Waals surface area contributed by atoms with Gasteiger partial charge in [-0.3, -0.25) is 4.79 Å². The van der Waals surface area contributed by atoms with E-state index in [1.54, 1.807) is 31.2 Å². The molecule has 1 amide bonds. The minimum Gasteiger partial charge on any atom is -0.411 e. The summed E-state index contributed by atoms with van der Waals surface area (Å²) < 4.78 is 4.71. The molecule has 1 aromatic rings. The Balaban J connectivity index is 2.91. The number of nitrogens with zero attached hydrogens (tertiary/aromatic N) is 1. The number of para-hydroxylation sites is 1. The maximum atomic E-state index is 11.3. The normalized spacial score (nSPS) is 11.2. The summed E-state index contributed by atoms with van der Waals surface area (Å²) >= 11 is 0. The summed E-state index contributed by atoms with van der Waals surface area (Å²) in [5, 5.41) is 14.5. The standard InChI is InChI=1S/C11H14N2O3/c1-8(13-15)9-5-3-4-6-10(9)12-11(14)7-16-2/h3-6,15H,7H2,1-2H3,(H,12,14)/b13-8+. The summed E-state index contributed by atoms with van der Waals surface area (Å²) in [6, 6.07) is 7.08. The lowest BCUT2D eigenvalue weighted by molar-refractivity contribution is -0.119. The molecular weight excluding hydrogens is 208 g/mol. The number of hydrogen-bond acceptors (Lipinski definition) is 4. The van der Waals surface area contributed by atoms with E-state index in [1.165, 1.54) is 7.11 Å². The van der Waals surface area contributed by atoms with Crippen molar-refractivity contribution in [1.29, 1.82) is 0 Å². The summed E-state index contributed by atoms with van der Waals surface area (Å²) in [6.07, 6.45) is 0. The van der Waals surface area contributed by atoms with Gasteiger partial charge in [-0.2, -0.15) is 0 Å². The van der Waals surface area contributed by atoms with E-state index in [4.69, 9.17) is 9.94 Å². The lowest BCUT2D eigenvalue weighted by Crippen LogP contribution is -2.18. The second-order valence-electron chi connectivity index (χ2n) is 3.21. The molecule has 0 fully saturated rings. The number of carbonyl (C=O) groups excluding carboxylic acids is 1. The van der Waals surface area contributed by atoms with Gasteiger partial charge >= 0.3 is 0 Å². The SMILES string of the molecule is COCC(=O)Nc1ccccc1/C(C)=N/O. The Morgan fingerprint density at radius 2 is 2.19 bits per heavy atom. The van der Waals surface area contributed by atoms with Crippen molar-refractivity contribution < 1.29 is 14.7 Å². The van der Waals surface area contributed by atoms with Gasteiger partial charge in [-0.15, -0.1) is 0 Å². The van der Waals surface area contributed by atoms with Crippen molar-refractivity contribution in [3.8, 4) is 0 Å². The van der Waals surface area contributed by atoms with Gasteiger partial charge < -0.3 is 15.3 Å². The van der Waals surface area contributed by atoms with Gasteiger partial charge in [0.25, 0.3) is 0 Å². The van der Waals surface area contributed by atoms with Crippen LogP contribution in [0.15, 0.2) is 29.4 Å². The van der Waals surface area contributed by atoms with Crippen LogP contribution in [0.4, 0.5) is 5.69 Å². The average molecular weight is 222 g/mol. The van der Waals surface area contributed by atoms with Crippen LogP contribution in [-0.4, -0.2) is 30.5 Å². The zero-order valence-electron chi connectivity index (χ0n) is 9.23. The second-order valence-corrected chi connectivity index (χ2v) is 3.21. The maximum Gasteiger partial charge on any atom is 0.250 e. The van der Waals surface area contributed by atoms with E-state index >= 15 is 0 Å². The molecule has 1 rings (SSSR count). The highest BCUT2D eigenvalue weighted by Crippen LogP contribution is 2.15. The molecule has 5 nitrogen and oxygen atoms in total. The van der Waals surface area contributed by atoms with Crippen LogP contribution in [0.25, 0.3) is 0 Å². The molecule has 0 radical (unpaired) electrons. The third-order valence-electron chi connectivity index (χ3n) is 2.02. The summed E-state index contributed by atoms with van der Waals surface area (Å²) in [7, 11) is 1.45. The summed E-state index contributed by atoms with van der Waals surface area (Å²) in [5.74, 6) is -0.249. The van der Waals surface area contributed by atoms with E-state index in [0.717, 1.165) is 0 Å². The van der Waals surface area contributed by atoms with E-state index in [9.17, 15) is 4.79 Å². The molecule has 2 N–H and O–H groups in total. The number of amides is 1. The van der Waals surface area contributed by atoms with Crippen molar-refractivity contribution in [3.63, 3.8) is 0 Å². The molecule has 0 aliphatic rings. The Labute approximate surface area is 93.7 Å². The van der Waals surface area contributed by atoms with E-state index in [0.29, 0.717) is 17.0 Å². The fourth-order valence-electron chi connectivity index (χ4n) is 1.28. The number of anilines is 1. The van der Waals surface area contributed by atoms with Crippen molar-refractivity contribution >= 4 is 17.3 Å². The van der Waals surface area contributed by atoms with Crippen LogP contribution in [0.5, 0.6) is 0 Å². The molecule has 0 aliphatic heterocycles. The first-order valence-electron chi connectivity index (χ1n) is 4.76. The van der Waals surface area contributed by atoms with Gasteiger partial charge in [-0.25, -0.2) is 0 Å². The monoisotopic (exact) mass is 222 g/mol. The van der Waals surface area contributed by atoms with E-state index in [-0.39, 0.29) is 12.5 Å². The zero-order valence-corrected chi connectivity index (χ0v) is 9.23. The number of rotatable bonds is 4. The van der Waals surface area contributed by atoms with Crippen molar-refractivity contribution in [1.82, 2.24) is 0 Å². The molecular formula is C11H14N2O3. The van der Waals surface area contributed by atoms with Crippen LogP contribution >= 0.6 is 0 Å². The Morgan fingerprint density at radius 3 is 2.81 bits per heavy atom. The van der Waals surface area contributed by atoms with Crippen molar-refractivity contribution in [3.05, 3.63) is 29.8 Å². The molecule has 0 saturated heterocycles. The topological polar surface area (TPSA) is 70.9 Å². The zero-order chi connectivity index (χ0) is 12.0. The minimum absolute atomic E-state index is 0.0103. The highest BCUT2D eigenvalue weighted by atomic mass is 16.5. The summed E-state index contributed by atoms with van der Waals surface area (Å²) in [4.78, 5) is 11.3. The van der Waals surface area contributed by atoms with Gasteiger partial charge in [0, 0.05) is 18.4 Å². The average Bonchev–Trinajstić information content (AvgIpc) is 2.29. The number of ether oxygens (including phenoxy) is 1. The number of benzene rings is 1. The molecule has 0 spiro atoms. The number of methoxy groups -OCH3 is 1. The fourth-order valence-corrected chi connectivity index (χ4v) is 1.28. The third-order valence-corrected chi connectivity index (χ3v) is 2.02. The predicted molar refractivity (Wildman–Crippen MR) is 60.9 cm³/mol. The quantitative estimate of drug-likeness (QED) is 0.460. The smallest absolute Gasteiger partial charge is 0.250 e. The molecule has 0 bridgehead atoms. The van der Waals surface area contributed by atoms with Crippen LogP contribution < -0.4 is 5.32 Å². The minimum atomic E-state index is -0.249. The summed E-state index contributed by atoms with van der Waals surface area (Å²) in [6.45, 7) is 1.64. The van der Waals surface area contributed by atoms with Crippen molar-refractivity contribution in [2.75, 3.05) is 19.0 Å². The molecule has 0 aromatic heterocycles. The van der Waals surface area contributed by atoms with Gasteiger partial charge in [0.2, 0.25) is 5.91 Å². The fraction of sp³-hybridized carbons (Fsp3) is 0.273. The molecule has 86 valence electrons. The number of hydrogen-bond donors (Lipinski definition) is 2. The van der Waals surface area contributed by atoms with Gasteiger partial charge in [-0.05, 0) is 13.0 Å². The van der Waals surface area contributed by atoms with Gasteiger partial charge in [-0.1, -0.05) is 23.4 Å². The first kappa shape index (κ1) is 12.2. The predicted octanol–water partition coefficient (Wildman–Crippen LogP) is 1.47. The Morgan fingerprint density at radius 1 is 1.50 bits per heavy atom. The van der Waals surface area contributed by atoms with E-state index in [2.05, 4.69) is 10.5 Å². The van der Waals surface area contributed by atoms with Crippen LogP contribution in [0.3, 0.4) is 0 Å². The molecule has 0 atom stereocenters. The Bertz CT molecular complexity index is 402. The molecule has 0 heterocycles. The van der Waals surface area contributed by atoms with Crippen LogP contribution in [0.1, 0.15) is 12.5 Å². The molecule has 1 aromatic carbocycles. The van der Waals surface area contributed by atoms with Crippen LogP contribution in [0.2, 0.25) is 0 Å². The summed E-state index contributed by atoms with van der Waals surface area (Å²) in [5.41, 5.74) is 1.71. The molecule has 0 saturated carbocycles. The number of carbonyl (C=O) groups is 1. The first-order chi connectivity index (χ1) is 7.69. The first-order valence-corrected chi connectivity index (χ1v) is 4.76. The molecule has 0 aliphatic carbocycles. The van der Waals surface area contributed by atoms with Crippen LogP contribution in [-0.2, 0) is 9.53 Å². The third kappa shape index (κ3) is 3.06. The van der Waals surface area contributed by atoms with Crippen molar-refractivity contribution in [2.24, 2.45) is 5.16 Å². The Kier molecular flexibility index (Phi) is 4.47. The lowest BCUT2D eigenvalue weighted by Gasteiger charge is -2.09. The van der Waals surface area contributed by atoms with Gasteiger partial charge in [0.15, 0.2) is 0 Å². The van der Waals surface area contributed by atoms with Crippen molar-refractivity contribution in [2.45, 2.75) is 6.92 Å². The molecule has 5 heteroatoms. The largest absolute Gasteiger partial charge is 0.411 e. The van der Waals surface area contributed by atoms with Crippen LogP contribution in [0, 0.1) is 0 Å². The second kappa shape index (κ2) is 5.87.